The first-order valence-electron chi connectivity index (χ1n) is 11.7. The van der Waals surface area contributed by atoms with Crippen LogP contribution < -0.4 is 10.1 Å². The molecule has 1 aliphatic rings. The van der Waals surface area contributed by atoms with E-state index in [1.807, 2.05) is 48.5 Å². The molecule has 0 aromatic heterocycles. The Kier molecular flexibility index (Phi) is 7.65. The van der Waals surface area contributed by atoms with Gasteiger partial charge in [-0.2, -0.15) is 4.31 Å². The van der Waals surface area contributed by atoms with E-state index in [2.05, 4.69) is 12.2 Å². The topological polar surface area (TPSA) is 75.7 Å². The van der Waals surface area contributed by atoms with Crippen molar-refractivity contribution in [1.82, 2.24) is 9.62 Å². The van der Waals surface area contributed by atoms with E-state index >= 15 is 0 Å². The van der Waals surface area contributed by atoms with Crippen molar-refractivity contribution in [3.63, 3.8) is 0 Å². The maximum atomic E-state index is 12.7. The Morgan fingerprint density at radius 2 is 1.47 bits per heavy atom. The summed E-state index contributed by atoms with van der Waals surface area (Å²) in [4.78, 5) is 12.9. The molecule has 34 heavy (non-hydrogen) atoms. The van der Waals surface area contributed by atoms with E-state index in [-0.39, 0.29) is 5.91 Å². The molecule has 3 aromatic rings. The van der Waals surface area contributed by atoms with Gasteiger partial charge >= 0.3 is 0 Å². The van der Waals surface area contributed by atoms with Crippen LogP contribution in [0.2, 0.25) is 0 Å². The Morgan fingerprint density at radius 1 is 0.882 bits per heavy atom. The van der Waals surface area contributed by atoms with Crippen molar-refractivity contribution >= 4 is 15.9 Å². The maximum absolute atomic E-state index is 12.7. The number of ether oxygens (including phenoxy) is 1. The van der Waals surface area contributed by atoms with Gasteiger partial charge in [0.25, 0.3) is 5.91 Å². The van der Waals surface area contributed by atoms with E-state index in [1.54, 1.807) is 28.6 Å². The molecule has 1 heterocycles. The summed E-state index contributed by atoms with van der Waals surface area (Å²) in [6, 6.07) is 22.0. The minimum Gasteiger partial charge on any atom is -0.494 e. The summed E-state index contributed by atoms with van der Waals surface area (Å²) in [5, 5.41) is 2.94. The van der Waals surface area contributed by atoms with Crippen LogP contribution in [0.15, 0.2) is 77.7 Å². The average Bonchev–Trinajstić information content (AvgIpc) is 3.43. The van der Waals surface area contributed by atoms with Crippen molar-refractivity contribution in [3.05, 3.63) is 83.9 Å². The minimum absolute atomic E-state index is 0.148. The lowest BCUT2D eigenvalue weighted by molar-refractivity contribution is 0.0951. The van der Waals surface area contributed by atoms with Crippen molar-refractivity contribution in [2.45, 2.75) is 37.6 Å². The number of carbonyl (C=O) groups excluding carboxylic acids is 1. The third-order valence-electron chi connectivity index (χ3n) is 5.89. The van der Waals surface area contributed by atoms with Crippen LogP contribution in [0.3, 0.4) is 0 Å². The van der Waals surface area contributed by atoms with Gasteiger partial charge in [-0.15, -0.1) is 0 Å². The largest absolute Gasteiger partial charge is 0.494 e. The molecule has 0 unspecified atom stereocenters. The molecule has 0 bridgehead atoms. The number of carbonyl (C=O) groups is 1. The monoisotopic (exact) mass is 478 g/mol. The highest BCUT2D eigenvalue weighted by Crippen LogP contribution is 2.25. The van der Waals surface area contributed by atoms with E-state index in [4.69, 9.17) is 4.74 Å². The molecule has 0 aliphatic carbocycles. The second-order valence-electron chi connectivity index (χ2n) is 8.39. The van der Waals surface area contributed by atoms with Gasteiger partial charge in [0.05, 0.1) is 11.5 Å². The molecule has 0 spiro atoms. The molecule has 7 heteroatoms. The number of sulfonamides is 1. The SMILES string of the molecule is CCCOc1ccc(CNC(=O)c2ccc(-c3ccc(S(=O)(=O)N4CCCC4)cc3)cc2)cc1. The van der Waals surface area contributed by atoms with Gasteiger partial charge in [0, 0.05) is 25.2 Å². The van der Waals surface area contributed by atoms with E-state index in [1.165, 1.54) is 0 Å². The molecule has 1 saturated heterocycles. The van der Waals surface area contributed by atoms with Crippen LogP contribution in [0, 0.1) is 0 Å². The summed E-state index contributed by atoms with van der Waals surface area (Å²) in [5.41, 5.74) is 3.39. The van der Waals surface area contributed by atoms with E-state index in [9.17, 15) is 13.2 Å². The van der Waals surface area contributed by atoms with Gasteiger partial charge in [-0.1, -0.05) is 43.3 Å². The van der Waals surface area contributed by atoms with Crippen LogP contribution in [0.25, 0.3) is 11.1 Å². The fourth-order valence-corrected chi connectivity index (χ4v) is 5.44. The molecule has 1 aliphatic heterocycles. The van der Waals surface area contributed by atoms with E-state index in [0.29, 0.717) is 36.7 Å². The van der Waals surface area contributed by atoms with Crippen molar-refractivity contribution in [1.29, 1.82) is 0 Å². The Labute approximate surface area is 201 Å². The fraction of sp³-hybridized carbons (Fsp3) is 0.296. The number of hydrogen-bond donors (Lipinski definition) is 1. The van der Waals surface area contributed by atoms with E-state index in [0.717, 1.165) is 41.7 Å². The van der Waals surface area contributed by atoms with Crippen LogP contribution in [0.1, 0.15) is 42.1 Å². The first kappa shape index (κ1) is 24.0. The van der Waals surface area contributed by atoms with Gasteiger partial charge in [0.2, 0.25) is 10.0 Å². The highest BCUT2D eigenvalue weighted by Gasteiger charge is 2.26. The predicted octanol–water partition coefficient (Wildman–Crippen LogP) is 4.86. The zero-order chi connectivity index (χ0) is 24.0. The zero-order valence-electron chi connectivity index (χ0n) is 19.4. The number of benzene rings is 3. The number of amides is 1. The molecule has 3 aromatic carbocycles. The second-order valence-corrected chi connectivity index (χ2v) is 10.3. The van der Waals surface area contributed by atoms with Crippen LogP contribution in [-0.2, 0) is 16.6 Å². The zero-order valence-corrected chi connectivity index (χ0v) is 20.2. The number of hydrogen-bond acceptors (Lipinski definition) is 4. The van der Waals surface area contributed by atoms with Crippen molar-refractivity contribution in [3.8, 4) is 16.9 Å². The molecule has 4 rings (SSSR count). The summed E-state index contributed by atoms with van der Waals surface area (Å²) in [5.74, 6) is 0.680. The lowest BCUT2D eigenvalue weighted by Gasteiger charge is -2.15. The molecule has 178 valence electrons. The van der Waals surface area contributed by atoms with Gasteiger partial charge in [0.1, 0.15) is 5.75 Å². The first-order chi connectivity index (χ1) is 16.5. The van der Waals surface area contributed by atoms with Crippen LogP contribution in [0.5, 0.6) is 5.75 Å². The predicted molar refractivity (Wildman–Crippen MR) is 133 cm³/mol. The summed E-state index contributed by atoms with van der Waals surface area (Å²) < 4.78 is 32.5. The number of rotatable bonds is 9. The summed E-state index contributed by atoms with van der Waals surface area (Å²) in [7, 11) is -3.42. The van der Waals surface area contributed by atoms with E-state index < -0.39 is 10.0 Å². The third kappa shape index (κ3) is 5.66. The molecule has 0 atom stereocenters. The molecular weight excluding hydrogens is 448 g/mol. The smallest absolute Gasteiger partial charge is 0.251 e. The highest BCUT2D eigenvalue weighted by molar-refractivity contribution is 7.89. The molecule has 0 radical (unpaired) electrons. The molecule has 0 saturated carbocycles. The maximum Gasteiger partial charge on any atom is 0.251 e. The lowest BCUT2D eigenvalue weighted by atomic mass is 10.0. The Hall–Kier alpha value is -3.16. The molecule has 1 N–H and O–H groups in total. The molecule has 1 amide bonds. The Morgan fingerprint density at radius 3 is 2.06 bits per heavy atom. The quantitative estimate of drug-likeness (QED) is 0.477. The minimum atomic E-state index is -3.42. The first-order valence-corrected chi connectivity index (χ1v) is 13.1. The molecule has 1 fully saturated rings. The van der Waals surface area contributed by atoms with Crippen molar-refractivity contribution in [2.75, 3.05) is 19.7 Å². The van der Waals surface area contributed by atoms with Gasteiger partial charge in [-0.3, -0.25) is 4.79 Å². The van der Waals surface area contributed by atoms with Crippen LogP contribution >= 0.6 is 0 Å². The van der Waals surface area contributed by atoms with Crippen molar-refractivity contribution in [2.24, 2.45) is 0 Å². The molecule has 6 nitrogen and oxygen atoms in total. The molecular formula is C27H30N2O4S. The van der Waals surface area contributed by atoms with Crippen molar-refractivity contribution < 1.29 is 17.9 Å². The van der Waals surface area contributed by atoms with Gasteiger partial charge < -0.3 is 10.1 Å². The summed E-state index contributed by atoms with van der Waals surface area (Å²) >= 11 is 0. The van der Waals surface area contributed by atoms with Gasteiger partial charge in [0.15, 0.2) is 0 Å². The second kappa shape index (κ2) is 10.8. The van der Waals surface area contributed by atoms with Crippen LogP contribution in [-0.4, -0.2) is 38.3 Å². The van der Waals surface area contributed by atoms with Gasteiger partial charge in [-0.05, 0) is 72.4 Å². The lowest BCUT2D eigenvalue weighted by Crippen LogP contribution is -2.27. The highest BCUT2D eigenvalue weighted by atomic mass is 32.2. The summed E-state index contributed by atoms with van der Waals surface area (Å²) in [6.07, 6.45) is 2.79. The number of nitrogens with zero attached hydrogens (tertiary/aromatic N) is 1. The Balaban J connectivity index is 1.35. The normalized spacial score (nSPS) is 14.1. The average molecular weight is 479 g/mol. The fourth-order valence-electron chi connectivity index (χ4n) is 3.92. The van der Waals surface area contributed by atoms with Gasteiger partial charge in [-0.25, -0.2) is 8.42 Å². The standard InChI is InChI=1S/C27H30N2O4S/c1-2-19-33-25-13-5-21(6-14-25)20-28-27(30)24-9-7-22(8-10-24)23-11-15-26(16-12-23)34(31,32)29-17-3-4-18-29/h5-16H,2-4,17-20H2,1H3,(H,28,30). The van der Waals surface area contributed by atoms with Crippen LogP contribution in [0.4, 0.5) is 0 Å². The third-order valence-corrected chi connectivity index (χ3v) is 7.80. The number of nitrogens with one attached hydrogen (secondary N) is 1. The summed E-state index contributed by atoms with van der Waals surface area (Å²) in [6.45, 7) is 4.36. The Bertz CT molecular complexity index is 1200.